The minimum Gasteiger partial charge on any atom is -0.446 e. The Morgan fingerprint density at radius 3 is 1.95 bits per heavy atom. The van der Waals surface area contributed by atoms with Gasteiger partial charge in [0.15, 0.2) is 5.60 Å². The van der Waals surface area contributed by atoms with Gasteiger partial charge in [-0.25, -0.2) is 0 Å². The van der Waals surface area contributed by atoms with Crippen molar-refractivity contribution in [1.82, 2.24) is 0 Å². The average Bonchev–Trinajstić information content (AvgIpc) is 2.12. The number of carbonyl (C=O) groups is 1. The molecule has 0 aromatic heterocycles. The topological polar surface area (TPSA) is 61.8 Å². The molecule has 0 aromatic carbocycles. The first-order valence-corrected chi connectivity index (χ1v) is 7.88. The molecule has 5 nitrogen and oxygen atoms in total. The fourth-order valence-electron chi connectivity index (χ4n) is 1.25. The van der Waals surface area contributed by atoms with Gasteiger partial charge < -0.3 is 13.8 Å². The summed E-state index contributed by atoms with van der Waals surface area (Å²) in [6.07, 6.45) is 4.13. The van der Waals surface area contributed by atoms with Crippen molar-refractivity contribution in [3.05, 3.63) is 0 Å². The standard InChI is InChI=1S/C13H23O5P/c1-8-13(6,7)16-12(14)9-19(15,17-10(2)3)18-11(4)5/h1,10-11H,9H2,2-7H3. The van der Waals surface area contributed by atoms with Crippen LogP contribution in [0.3, 0.4) is 0 Å². The molecule has 0 aliphatic rings. The van der Waals surface area contributed by atoms with Crippen LogP contribution >= 0.6 is 7.60 Å². The van der Waals surface area contributed by atoms with Crippen LogP contribution in [-0.4, -0.2) is 29.9 Å². The van der Waals surface area contributed by atoms with Crippen LogP contribution < -0.4 is 0 Å². The second-order valence-corrected chi connectivity index (χ2v) is 7.17. The van der Waals surface area contributed by atoms with Crippen LogP contribution in [0.5, 0.6) is 0 Å². The first-order valence-electron chi connectivity index (χ1n) is 6.15. The maximum atomic E-state index is 12.4. The molecule has 0 aliphatic carbocycles. The van der Waals surface area contributed by atoms with Gasteiger partial charge in [0.2, 0.25) is 0 Å². The molecular weight excluding hydrogens is 267 g/mol. The highest BCUT2D eigenvalue weighted by Crippen LogP contribution is 2.50. The van der Waals surface area contributed by atoms with Crippen molar-refractivity contribution in [1.29, 1.82) is 0 Å². The Balaban J connectivity index is 4.80. The van der Waals surface area contributed by atoms with Crippen molar-refractivity contribution < 1.29 is 23.1 Å². The summed E-state index contributed by atoms with van der Waals surface area (Å²) >= 11 is 0. The van der Waals surface area contributed by atoms with E-state index in [0.29, 0.717) is 0 Å². The number of ether oxygens (including phenoxy) is 1. The highest BCUT2D eigenvalue weighted by atomic mass is 31.2. The van der Waals surface area contributed by atoms with Gasteiger partial charge in [-0.3, -0.25) is 9.36 Å². The summed E-state index contributed by atoms with van der Waals surface area (Å²) in [5.41, 5.74) is -1.04. The highest BCUT2D eigenvalue weighted by Gasteiger charge is 2.33. The van der Waals surface area contributed by atoms with Crippen molar-refractivity contribution in [2.75, 3.05) is 6.16 Å². The van der Waals surface area contributed by atoms with Crippen LogP contribution in [0.2, 0.25) is 0 Å². The first kappa shape index (κ1) is 18.2. The Morgan fingerprint density at radius 1 is 1.21 bits per heavy atom. The Labute approximate surface area is 115 Å². The summed E-state index contributed by atoms with van der Waals surface area (Å²) in [6, 6.07) is 0. The lowest BCUT2D eigenvalue weighted by molar-refractivity contribution is -0.148. The summed E-state index contributed by atoms with van der Waals surface area (Å²) in [4.78, 5) is 11.7. The number of rotatable bonds is 7. The number of carbonyl (C=O) groups excluding carboxylic acids is 1. The molecule has 0 N–H and O–H groups in total. The quantitative estimate of drug-likeness (QED) is 0.410. The molecule has 0 spiro atoms. The van der Waals surface area contributed by atoms with Gasteiger partial charge in [0.05, 0.1) is 12.2 Å². The smallest absolute Gasteiger partial charge is 0.342 e. The molecule has 0 atom stereocenters. The number of hydrogen-bond acceptors (Lipinski definition) is 5. The molecular formula is C13H23O5P. The molecule has 6 heteroatoms. The molecule has 110 valence electrons. The lowest BCUT2D eigenvalue weighted by Crippen LogP contribution is -2.28. The summed E-state index contributed by atoms with van der Waals surface area (Å²) in [6.45, 7) is 10.0. The molecule has 19 heavy (non-hydrogen) atoms. The van der Waals surface area contributed by atoms with E-state index in [-0.39, 0.29) is 12.2 Å². The van der Waals surface area contributed by atoms with E-state index < -0.39 is 25.3 Å². The van der Waals surface area contributed by atoms with E-state index in [1.54, 1.807) is 41.5 Å². The van der Waals surface area contributed by atoms with Gasteiger partial charge >= 0.3 is 13.6 Å². The number of hydrogen-bond donors (Lipinski definition) is 0. The van der Waals surface area contributed by atoms with Crippen molar-refractivity contribution in [3.63, 3.8) is 0 Å². The Bertz CT molecular complexity index is 378. The van der Waals surface area contributed by atoms with Crippen LogP contribution in [-0.2, 0) is 23.1 Å². The van der Waals surface area contributed by atoms with Gasteiger partial charge in [0.1, 0.15) is 6.16 Å². The highest BCUT2D eigenvalue weighted by molar-refractivity contribution is 7.54. The van der Waals surface area contributed by atoms with E-state index in [2.05, 4.69) is 5.92 Å². The van der Waals surface area contributed by atoms with Crippen molar-refractivity contribution in [2.45, 2.75) is 59.4 Å². The maximum absolute atomic E-state index is 12.4. The van der Waals surface area contributed by atoms with E-state index in [1.165, 1.54) is 0 Å². The Morgan fingerprint density at radius 2 is 1.63 bits per heavy atom. The van der Waals surface area contributed by atoms with Crippen LogP contribution in [0.25, 0.3) is 0 Å². The van der Waals surface area contributed by atoms with Crippen molar-refractivity contribution >= 4 is 13.6 Å². The van der Waals surface area contributed by atoms with Gasteiger partial charge in [0.25, 0.3) is 0 Å². The predicted molar refractivity (Wildman–Crippen MR) is 73.9 cm³/mol. The summed E-state index contributed by atoms with van der Waals surface area (Å²) in [7, 11) is -3.53. The zero-order valence-electron chi connectivity index (χ0n) is 12.4. The van der Waals surface area contributed by atoms with Crippen LogP contribution in [0.1, 0.15) is 41.5 Å². The monoisotopic (exact) mass is 290 g/mol. The van der Waals surface area contributed by atoms with Gasteiger partial charge in [-0.1, -0.05) is 5.92 Å². The summed E-state index contributed by atoms with van der Waals surface area (Å²) < 4.78 is 28.0. The predicted octanol–water partition coefficient (Wildman–Crippen LogP) is 2.98. The first-order chi connectivity index (χ1) is 8.49. The molecule has 0 amide bonds. The van der Waals surface area contributed by atoms with Crippen LogP contribution in [0, 0.1) is 12.3 Å². The molecule has 0 aliphatic heterocycles. The lowest BCUT2D eigenvalue weighted by atomic mass is 10.1. The number of terminal acetylenes is 1. The van der Waals surface area contributed by atoms with E-state index in [4.69, 9.17) is 20.2 Å². The van der Waals surface area contributed by atoms with Gasteiger partial charge in [-0.2, -0.15) is 0 Å². The van der Waals surface area contributed by atoms with E-state index >= 15 is 0 Å². The van der Waals surface area contributed by atoms with Crippen molar-refractivity contribution in [3.8, 4) is 12.3 Å². The maximum Gasteiger partial charge on any atom is 0.342 e. The fourth-order valence-corrected chi connectivity index (χ4v) is 3.11. The molecule has 0 heterocycles. The van der Waals surface area contributed by atoms with Gasteiger partial charge in [0, 0.05) is 0 Å². The number of esters is 1. The van der Waals surface area contributed by atoms with Gasteiger partial charge in [-0.15, -0.1) is 6.42 Å². The largest absolute Gasteiger partial charge is 0.446 e. The molecule has 0 unspecified atom stereocenters. The van der Waals surface area contributed by atoms with Crippen LogP contribution in [0.4, 0.5) is 0 Å². The SMILES string of the molecule is C#CC(C)(C)OC(=O)CP(=O)(OC(C)C)OC(C)C. The summed E-state index contributed by atoms with van der Waals surface area (Å²) in [5.74, 6) is 1.62. The van der Waals surface area contributed by atoms with E-state index in [0.717, 1.165) is 0 Å². The molecule has 0 rings (SSSR count). The second kappa shape index (κ2) is 7.09. The van der Waals surface area contributed by atoms with Crippen molar-refractivity contribution in [2.24, 2.45) is 0 Å². The Kier molecular flexibility index (Phi) is 6.79. The minimum atomic E-state index is -3.53. The van der Waals surface area contributed by atoms with Crippen LogP contribution in [0.15, 0.2) is 0 Å². The Hall–Kier alpha value is -0.820. The molecule has 0 aromatic rings. The minimum absolute atomic E-state index is 0.321. The molecule has 0 radical (unpaired) electrons. The zero-order valence-corrected chi connectivity index (χ0v) is 13.3. The second-order valence-electron chi connectivity index (χ2n) is 5.21. The molecule has 0 saturated heterocycles. The average molecular weight is 290 g/mol. The molecule has 0 saturated carbocycles. The van der Waals surface area contributed by atoms with Gasteiger partial charge in [-0.05, 0) is 41.5 Å². The summed E-state index contributed by atoms with van der Waals surface area (Å²) in [5, 5.41) is 0. The third-order valence-corrected chi connectivity index (χ3v) is 3.91. The van der Waals surface area contributed by atoms with E-state index in [1.807, 2.05) is 0 Å². The molecule has 0 bridgehead atoms. The third kappa shape index (κ3) is 8.05. The fraction of sp³-hybridized carbons (Fsp3) is 0.769. The van der Waals surface area contributed by atoms with E-state index in [9.17, 15) is 9.36 Å². The lowest BCUT2D eigenvalue weighted by Gasteiger charge is -2.24. The third-order valence-electron chi connectivity index (χ3n) is 1.78. The normalized spacial score (nSPS) is 12.6. The zero-order chi connectivity index (χ0) is 15.3. The molecule has 0 fully saturated rings.